The Labute approximate surface area is 188 Å². The van der Waals surface area contributed by atoms with Crippen molar-refractivity contribution in [1.82, 2.24) is 14.1 Å². The molecule has 0 aliphatic carbocycles. The molecule has 0 saturated heterocycles. The van der Waals surface area contributed by atoms with Gasteiger partial charge in [0.25, 0.3) is 5.91 Å². The molecule has 0 spiro atoms. The SMILES string of the molecule is CN1C(C(=O)Nc2ccc(F)c(Cl)c2)=CC(c2cccc(-c3cnn(C)c3)c2)=NS1(=O)=O. The minimum absolute atomic E-state index is 0.108. The van der Waals surface area contributed by atoms with E-state index in [-0.39, 0.29) is 22.1 Å². The summed E-state index contributed by atoms with van der Waals surface area (Å²) in [6.07, 6.45) is 4.90. The third-order valence-corrected chi connectivity index (χ3v) is 6.39. The molecular formula is C21H17ClFN5O3S. The van der Waals surface area contributed by atoms with E-state index >= 15 is 0 Å². The number of carbonyl (C=O) groups excluding carboxylic acids is 1. The van der Waals surface area contributed by atoms with Gasteiger partial charge >= 0.3 is 10.2 Å². The molecule has 0 radical (unpaired) electrons. The molecule has 32 heavy (non-hydrogen) atoms. The van der Waals surface area contributed by atoms with Gasteiger partial charge in [-0.3, -0.25) is 9.48 Å². The molecule has 4 rings (SSSR count). The van der Waals surface area contributed by atoms with E-state index in [2.05, 4.69) is 14.8 Å². The molecule has 11 heteroatoms. The second kappa shape index (κ2) is 8.21. The Morgan fingerprint density at radius 2 is 1.84 bits per heavy atom. The maximum Gasteiger partial charge on any atom is 0.345 e. The molecule has 8 nitrogen and oxygen atoms in total. The smallest absolute Gasteiger partial charge is 0.321 e. The first-order valence-electron chi connectivity index (χ1n) is 9.30. The lowest BCUT2D eigenvalue weighted by Gasteiger charge is -2.23. The quantitative estimate of drug-likeness (QED) is 0.628. The molecule has 1 aliphatic heterocycles. The van der Waals surface area contributed by atoms with Crippen LogP contribution < -0.4 is 5.32 Å². The molecular weight excluding hydrogens is 457 g/mol. The highest BCUT2D eigenvalue weighted by Crippen LogP contribution is 2.25. The van der Waals surface area contributed by atoms with Gasteiger partial charge in [0.05, 0.1) is 16.9 Å². The number of aryl methyl sites for hydroxylation is 1. The standard InChI is InChI=1S/C21H17ClFN5O3S/c1-27-12-15(11-24-27)13-4-3-5-14(8-13)19-10-20(28(2)32(30,31)26-19)21(29)25-16-6-7-18(23)17(22)9-16/h3-12H,1-2H3,(H,25,29). The summed E-state index contributed by atoms with van der Waals surface area (Å²) in [5.41, 5.74) is 2.35. The van der Waals surface area contributed by atoms with Crippen molar-refractivity contribution in [3.05, 3.63) is 83.0 Å². The van der Waals surface area contributed by atoms with Crippen molar-refractivity contribution in [1.29, 1.82) is 0 Å². The molecule has 0 fully saturated rings. The van der Waals surface area contributed by atoms with Crippen molar-refractivity contribution in [3.8, 4) is 11.1 Å². The van der Waals surface area contributed by atoms with E-state index in [1.165, 1.54) is 25.3 Å². The number of hydrogen-bond donors (Lipinski definition) is 1. The number of hydrogen-bond acceptors (Lipinski definition) is 4. The Morgan fingerprint density at radius 3 is 2.53 bits per heavy atom. The summed E-state index contributed by atoms with van der Waals surface area (Å²) in [6, 6.07) is 10.8. The zero-order valence-electron chi connectivity index (χ0n) is 17.0. The van der Waals surface area contributed by atoms with Crippen LogP contribution in [0, 0.1) is 5.82 Å². The predicted molar refractivity (Wildman–Crippen MR) is 120 cm³/mol. The molecule has 0 unspecified atom stereocenters. The van der Waals surface area contributed by atoms with Gasteiger partial charge < -0.3 is 5.32 Å². The Kier molecular flexibility index (Phi) is 5.57. The third kappa shape index (κ3) is 4.27. The average Bonchev–Trinajstić information content (AvgIpc) is 3.19. The normalized spacial score (nSPS) is 15.2. The van der Waals surface area contributed by atoms with Gasteiger partial charge in [-0.25, -0.2) is 8.70 Å². The van der Waals surface area contributed by atoms with Crippen LogP contribution in [0.25, 0.3) is 11.1 Å². The Morgan fingerprint density at radius 1 is 1.09 bits per heavy atom. The Bertz CT molecular complexity index is 1400. The van der Waals surface area contributed by atoms with Gasteiger partial charge in [-0.2, -0.15) is 13.5 Å². The second-order valence-electron chi connectivity index (χ2n) is 7.02. The molecule has 3 aromatic rings. The molecule has 1 N–H and O–H groups in total. The topological polar surface area (TPSA) is 96.7 Å². The van der Waals surface area contributed by atoms with Gasteiger partial charge in [0.15, 0.2) is 0 Å². The van der Waals surface area contributed by atoms with Crippen molar-refractivity contribution in [2.75, 3.05) is 12.4 Å². The number of rotatable bonds is 4. The zero-order valence-corrected chi connectivity index (χ0v) is 18.5. The number of halogens is 2. The summed E-state index contributed by atoms with van der Waals surface area (Å²) in [7, 11) is -1.12. The number of benzene rings is 2. The van der Waals surface area contributed by atoms with Crippen LogP contribution in [0.1, 0.15) is 5.56 Å². The van der Waals surface area contributed by atoms with Crippen LogP contribution in [-0.4, -0.2) is 41.2 Å². The summed E-state index contributed by atoms with van der Waals surface area (Å²) in [6.45, 7) is 0. The highest BCUT2D eigenvalue weighted by atomic mass is 35.5. The first kappa shape index (κ1) is 21.7. The van der Waals surface area contributed by atoms with E-state index in [4.69, 9.17) is 11.6 Å². The number of amides is 1. The lowest BCUT2D eigenvalue weighted by molar-refractivity contribution is -0.113. The van der Waals surface area contributed by atoms with Gasteiger partial charge in [0, 0.05) is 37.1 Å². The minimum atomic E-state index is -4.14. The van der Waals surface area contributed by atoms with Crippen LogP contribution in [0.3, 0.4) is 0 Å². The van der Waals surface area contributed by atoms with Crippen molar-refractivity contribution in [2.45, 2.75) is 0 Å². The second-order valence-corrected chi connectivity index (χ2v) is 9.05. The molecule has 0 bridgehead atoms. The highest BCUT2D eigenvalue weighted by Gasteiger charge is 2.30. The highest BCUT2D eigenvalue weighted by molar-refractivity contribution is 7.88. The van der Waals surface area contributed by atoms with E-state index in [1.54, 1.807) is 36.1 Å². The first-order valence-corrected chi connectivity index (χ1v) is 11.1. The summed E-state index contributed by atoms with van der Waals surface area (Å²) < 4.78 is 44.9. The van der Waals surface area contributed by atoms with Gasteiger partial charge in [0.2, 0.25) is 0 Å². The van der Waals surface area contributed by atoms with E-state index < -0.39 is 21.9 Å². The maximum absolute atomic E-state index is 13.4. The molecule has 164 valence electrons. The average molecular weight is 474 g/mol. The molecule has 0 atom stereocenters. The fourth-order valence-corrected chi connectivity index (χ4v) is 4.19. The van der Waals surface area contributed by atoms with Crippen LogP contribution in [0.5, 0.6) is 0 Å². The maximum atomic E-state index is 13.4. The van der Waals surface area contributed by atoms with Gasteiger partial charge in [-0.05, 0) is 35.9 Å². The lowest BCUT2D eigenvalue weighted by Crippen LogP contribution is -2.35. The molecule has 0 saturated carbocycles. The summed E-state index contributed by atoms with van der Waals surface area (Å²) in [4.78, 5) is 12.8. The number of allylic oxidation sites excluding steroid dienone is 1. The number of nitrogens with one attached hydrogen (secondary N) is 1. The van der Waals surface area contributed by atoms with Crippen LogP contribution >= 0.6 is 11.6 Å². The number of likely N-dealkylation sites (N-methyl/N-ethyl adjacent to an activating group) is 1. The van der Waals surface area contributed by atoms with E-state index in [9.17, 15) is 17.6 Å². The van der Waals surface area contributed by atoms with Gasteiger partial charge in [0.1, 0.15) is 11.5 Å². The fraction of sp³-hybridized carbons (Fsp3) is 0.0952. The number of nitrogens with zero attached hydrogens (tertiary/aromatic N) is 4. The summed E-state index contributed by atoms with van der Waals surface area (Å²) in [5, 5.41) is 6.50. The van der Waals surface area contributed by atoms with Gasteiger partial charge in [-0.1, -0.05) is 29.8 Å². The van der Waals surface area contributed by atoms with Crippen LogP contribution in [0.15, 0.2) is 71.0 Å². The van der Waals surface area contributed by atoms with E-state index in [0.29, 0.717) is 5.56 Å². The van der Waals surface area contributed by atoms with Crippen molar-refractivity contribution < 1.29 is 17.6 Å². The minimum Gasteiger partial charge on any atom is -0.321 e. The number of aromatic nitrogens is 2. The van der Waals surface area contributed by atoms with Crippen LogP contribution in [0.2, 0.25) is 5.02 Å². The van der Waals surface area contributed by atoms with E-state index in [0.717, 1.165) is 21.5 Å². The van der Waals surface area contributed by atoms with Crippen LogP contribution in [0.4, 0.5) is 10.1 Å². The molecule has 1 amide bonds. The predicted octanol–water partition coefficient (Wildman–Crippen LogP) is 3.38. The lowest BCUT2D eigenvalue weighted by atomic mass is 10.0. The first-order chi connectivity index (χ1) is 15.1. The molecule has 1 aliphatic rings. The van der Waals surface area contributed by atoms with Crippen molar-refractivity contribution >= 4 is 39.1 Å². The Hall–Kier alpha value is -3.50. The zero-order chi connectivity index (χ0) is 23.0. The van der Waals surface area contributed by atoms with Gasteiger partial charge in [-0.15, -0.1) is 4.40 Å². The fourth-order valence-electron chi connectivity index (χ4n) is 3.10. The summed E-state index contributed by atoms with van der Waals surface area (Å²) in [5.74, 6) is -1.35. The van der Waals surface area contributed by atoms with E-state index in [1.807, 2.05) is 12.3 Å². The van der Waals surface area contributed by atoms with Crippen molar-refractivity contribution in [3.63, 3.8) is 0 Å². The largest absolute Gasteiger partial charge is 0.345 e. The monoisotopic (exact) mass is 473 g/mol. The summed E-state index contributed by atoms with van der Waals surface area (Å²) >= 11 is 5.75. The van der Waals surface area contributed by atoms with Crippen molar-refractivity contribution in [2.24, 2.45) is 11.4 Å². The molecule has 2 aromatic carbocycles. The third-order valence-electron chi connectivity index (χ3n) is 4.78. The van der Waals surface area contributed by atoms with Crippen LogP contribution in [-0.2, 0) is 22.1 Å². The molecule has 1 aromatic heterocycles. The Balaban J connectivity index is 1.70. The molecule has 2 heterocycles. The number of carbonyl (C=O) groups is 1. The number of anilines is 1.